The molecule has 1 N–H and O–H groups in total. The Kier molecular flexibility index (Phi) is 6.16. The summed E-state index contributed by atoms with van der Waals surface area (Å²) in [7, 11) is 0. The Bertz CT molecular complexity index is 280. The first-order valence-corrected chi connectivity index (χ1v) is 6.51. The highest BCUT2D eigenvalue weighted by molar-refractivity contribution is 5.03. The first-order valence-electron chi connectivity index (χ1n) is 6.51. The second kappa shape index (κ2) is 7.44. The SMILES string of the molecule is CCCNC(C)CCCc1cnn(CC)c1. The molecule has 0 fully saturated rings. The molecule has 0 saturated heterocycles. The minimum atomic E-state index is 0.640. The fourth-order valence-electron chi connectivity index (χ4n) is 1.81. The number of aryl methyl sites for hydroxylation is 2. The van der Waals surface area contributed by atoms with Crippen molar-refractivity contribution in [3.05, 3.63) is 18.0 Å². The monoisotopic (exact) mass is 223 g/mol. The van der Waals surface area contributed by atoms with Crippen molar-refractivity contribution in [2.75, 3.05) is 6.54 Å². The van der Waals surface area contributed by atoms with Crippen LogP contribution in [0, 0.1) is 0 Å². The second-order valence-electron chi connectivity index (χ2n) is 4.45. The Hall–Kier alpha value is -0.830. The smallest absolute Gasteiger partial charge is 0.0521 e. The Balaban J connectivity index is 2.14. The number of nitrogens with zero attached hydrogens (tertiary/aromatic N) is 2. The lowest BCUT2D eigenvalue weighted by molar-refractivity contribution is 0.498. The zero-order valence-corrected chi connectivity index (χ0v) is 10.9. The first kappa shape index (κ1) is 13.2. The average Bonchev–Trinajstić information content (AvgIpc) is 2.74. The van der Waals surface area contributed by atoms with E-state index in [1.54, 1.807) is 0 Å². The molecule has 0 aliphatic heterocycles. The molecule has 1 atom stereocenters. The molecule has 0 aliphatic carbocycles. The molecule has 0 bridgehead atoms. The van der Waals surface area contributed by atoms with E-state index in [-0.39, 0.29) is 0 Å². The third-order valence-electron chi connectivity index (χ3n) is 2.86. The molecule has 0 amide bonds. The molecular weight excluding hydrogens is 198 g/mol. The maximum Gasteiger partial charge on any atom is 0.0521 e. The van der Waals surface area contributed by atoms with Crippen LogP contribution in [0.5, 0.6) is 0 Å². The van der Waals surface area contributed by atoms with Crippen LogP contribution in [0.3, 0.4) is 0 Å². The Morgan fingerprint density at radius 1 is 1.44 bits per heavy atom. The summed E-state index contributed by atoms with van der Waals surface area (Å²) in [6, 6.07) is 0.640. The van der Waals surface area contributed by atoms with Crippen molar-refractivity contribution in [3.63, 3.8) is 0 Å². The van der Waals surface area contributed by atoms with Crippen molar-refractivity contribution < 1.29 is 0 Å². The van der Waals surface area contributed by atoms with Crippen LogP contribution in [0.25, 0.3) is 0 Å². The lowest BCUT2D eigenvalue weighted by Crippen LogP contribution is -2.26. The largest absolute Gasteiger partial charge is 0.314 e. The Morgan fingerprint density at radius 3 is 2.88 bits per heavy atom. The predicted molar refractivity (Wildman–Crippen MR) is 68.6 cm³/mol. The lowest BCUT2D eigenvalue weighted by atomic mass is 10.1. The molecule has 1 aromatic heterocycles. The molecule has 0 aromatic carbocycles. The molecule has 0 saturated carbocycles. The highest BCUT2D eigenvalue weighted by Gasteiger charge is 2.02. The molecular formula is C13H25N3. The van der Waals surface area contributed by atoms with Crippen LogP contribution >= 0.6 is 0 Å². The molecule has 92 valence electrons. The van der Waals surface area contributed by atoms with E-state index in [0.29, 0.717) is 6.04 Å². The Morgan fingerprint density at radius 2 is 2.25 bits per heavy atom. The van der Waals surface area contributed by atoms with E-state index >= 15 is 0 Å². The summed E-state index contributed by atoms with van der Waals surface area (Å²) < 4.78 is 1.99. The van der Waals surface area contributed by atoms with Gasteiger partial charge in [0.1, 0.15) is 0 Å². The van der Waals surface area contributed by atoms with Crippen molar-refractivity contribution in [2.24, 2.45) is 0 Å². The summed E-state index contributed by atoms with van der Waals surface area (Å²) in [5.41, 5.74) is 1.37. The normalized spacial score (nSPS) is 12.9. The first-order chi connectivity index (χ1) is 7.76. The standard InChI is InChI=1S/C13H25N3/c1-4-9-14-12(3)7-6-8-13-10-15-16(5-2)11-13/h10-12,14H,4-9H2,1-3H3. The molecule has 3 nitrogen and oxygen atoms in total. The third-order valence-corrected chi connectivity index (χ3v) is 2.86. The number of nitrogens with one attached hydrogen (secondary N) is 1. The number of hydrogen-bond acceptors (Lipinski definition) is 2. The summed E-state index contributed by atoms with van der Waals surface area (Å²) in [5.74, 6) is 0. The highest BCUT2D eigenvalue weighted by atomic mass is 15.3. The average molecular weight is 223 g/mol. The highest BCUT2D eigenvalue weighted by Crippen LogP contribution is 2.06. The van der Waals surface area contributed by atoms with Gasteiger partial charge in [-0.25, -0.2) is 0 Å². The van der Waals surface area contributed by atoms with Gasteiger partial charge in [0.2, 0.25) is 0 Å². The van der Waals surface area contributed by atoms with Crippen LogP contribution in [0.4, 0.5) is 0 Å². The van der Waals surface area contributed by atoms with Crippen LogP contribution < -0.4 is 5.32 Å². The predicted octanol–water partition coefficient (Wildman–Crippen LogP) is 2.61. The number of hydrogen-bond donors (Lipinski definition) is 1. The molecule has 1 aromatic rings. The molecule has 0 aliphatic rings. The van der Waals surface area contributed by atoms with Gasteiger partial charge in [-0.2, -0.15) is 5.10 Å². The van der Waals surface area contributed by atoms with Crippen molar-refractivity contribution in [1.82, 2.24) is 15.1 Å². The molecule has 3 heteroatoms. The minimum absolute atomic E-state index is 0.640. The van der Waals surface area contributed by atoms with Gasteiger partial charge in [0.05, 0.1) is 6.20 Å². The zero-order valence-electron chi connectivity index (χ0n) is 10.9. The van der Waals surface area contributed by atoms with Crippen molar-refractivity contribution >= 4 is 0 Å². The summed E-state index contributed by atoms with van der Waals surface area (Å²) in [6.45, 7) is 8.70. The summed E-state index contributed by atoms with van der Waals surface area (Å²) in [5, 5.41) is 7.80. The van der Waals surface area contributed by atoms with Crippen molar-refractivity contribution in [1.29, 1.82) is 0 Å². The molecule has 1 rings (SSSR count). The number of rotatable bonds is 8. The number of aromatic nitrogens is 2. The third kappa shape index (κ3) is 4.79. The fraction of sp³-hybridized carbons (Fsp3) is 0.769. The van der Waals surface area contributed by atoms with E-state index in [0.717, 1.165) is 19.5 Å². The fourth-order valence-corrected chi connectivity index (χ4v) is 1.81. The molecule has 1 unspecified atom stereocenters. The summed E-state index contributed by atoms with van der Waals surface area (Å²) in [6.07, 6.45) is 9.01. The zero-order chi connectivity index (χ0) is 11.8. The van der Waals surface area contributed by atoms with Gasteiger partial charge >= 0.3 is 0 Å². The van der Waals surface area contributed by atoms with E-state index < -0.39 is 0 Å². The molecule has 16 heavy (non-hydrogen) atoms. The van der Waals surface area contributed by atoms with Crippen LogP contribution in [-0.2, 0) is 13.0 Å². The minimum Gasteiger partial charge on any atom is -0.314 e. The molecule has 0 radical (unpaired) electrons. The van der Waals surface area contributed by atoms with Gasteiger partial charge in [0.25, 0.3) is 0 Å². The van der Waals surface area contributed by atoms with Crippen LogP contribution in [0.2, 0.25) is 0 Å². The van der Waals surface area contributed by atoms with E-state index in [1.807, 2.05) is 10.9 Å². The maximum absolute atomic E-state index is 4.28. The lowest BCUT2D eigenvalue weighted by Gasteiger charge is -2.12. The van der Waals surface area contributed by atoms with E-state index in [2.05, 4.69) is 37.4 Å². The van der Waals surface area contributed by atoms with Gasteiger partial charge in [0.15, 0.2) is 0 Å². The van der Waals surface area contributed by atoms with Gasteiger partial charge in [-0.15, -0.1) is 0 Å². The summed E-state index contributed by atoms with van der Waals surface area (Å²) in [4.78, 5) is 0. The van der Waals surface area contributed by atoms with Gasteiger partial charge in [-0.05, 0) is 51.6 Å². The van der Waals surface area contributed by atoms with Gasteiger partial charge in [-0.1, -0.05) is 6.92 Å². The topological polar surface area (TPSA) is 29.9 Å². The van der Waals surface area contributed by atoms with Gasteiger partial charge < -0.3 is 5.32 Å². The van der Waals surface area contributed by atoms with Crippen LogP contribution in [0.1, 0.15) is 45.6 Å². The van der Waals surface area contributed by atoms with Crippen LogP contribution in [-0.4, -0.2) is 22.4 Å². The van der Waals surface area contributed by atoms with Crippen LogP contribution in [0.15, 0.2) is 12.4 Å². The van der Waals surface area contributed by atoms with Crippen molar-refractivity contribution in [2.45, 2.75) is 59.0 Å². The molecule has 1 heterocycles. The van der Waals surface area contributed by atoms with Crippen molar-refractivity contribution in [3.8, 4) is 0 Å². The van der Waals surface area contributed by atoms with E-state index in [9.17, 15) is 0 Å². The quantitative estimate of drug-likeness (QED) is 0.734. The Labute approximate surface area is 99.2 Å². The van der Waals surface area contributed by atoms with E-state index in [4.69, 9.17) is 0 Å². The second-order valence-corrected chi connectivity index (χ2v) is 4.45. The van der Waals surface area contributed by atoms with E-state index in [1.165, 1.54) is 24.8 Å². The maximum atomic E-state index is 4.28. The van der Waals surface area contributed by atoms with Gasteiger partial charge in [-0.3, -0.25) is 4.68 Å². The van der Waals surface area contributed by atoms with Gasteiger partial charge in [0, 0.05) is 18.8 Å². The summed E-state index contributed by atoms with van der Waals surface area (Å²) >= 11 is 0. The molecule has 0 spiro atoms.